The first-order valence-electron chi connectivity index (χ1n) is 5.12. The summed E-state index contributed by atoms with van der Waals surface area (Å²) in [5.41, 5.74) is 1.20. The molecule has 0 aliphatic carbocycles. The van der Waals surface area contributed by atoms with Crippen LogP contribution in [-0.4, -0.2) is 29.1 Å². The van der Waals surface area contributed by atoms with Crippen LogP contribution in [-0.2, 0) is 4.74 Å². The Labute approximate surface area is 119 Å². The molecule has 2 rings (SSSR count). The first-order valence-corrected chi connectivity index (χ1v) is 6.61. The lowest BCUT2D eigenvalue weighted by Gasteiger charge is -2.07. The molecule has 0 bridgehead atoms. The number of hydrogen-bond donors (Lipinski definition) is 0. The van der Waals surface area contributed by atoms with E-state index in [-0.39, 0.29) is 0 Å². The molecule has 96 valence electrons. The average Bonchev–Trinajstić information content (AvgIpc) is 2.78. The molecule has 4 nitrogen and oxygen atoms in total. The van der Waals surface area contributed by atoms with Crippen LogP contribution < -0.4 is 4.74 Å². The molecular formula is C11H10Cl2N2O2S. The van der Waals surface area contributed by atoms with Gasteiger partial charge >= 0.3 is 0 Å². The average molecular weight is 305 g/mol. The van der Waals surface area contributed by atoms with Crippen LogP contribution >= 0.6 is 34.9 Å². The topological polar surface area (TPSA) is 44.2 Å². The number of nitrogens with zero attached hydrogens (tertiary/aromatic N) is 2. The summed E-state index contributed by atoms with van der Waals surface area (Å²) >= 11 is 13.3. The molecule has 1 aromatic heterocycles. The van der Waals surface area contributed by atoms with E-state index in [1.165, 1.54) is 0 Å². The van der Waals surface area contributed by atoms with Gasteiger partial charge in [0.15, 0.2) is 5.69 Å². The van der Waals surface area contributed by atoms with Crippen molar-refractivity contribution in [1.82, 2.24) is 8.75 Å². The molecular weight excluding hydrogens is 295 g/mol. The monoisotopic (exact) mass is 304 g/mol. The zero-order valence-electron chi connectivity index (χ0n) is 9.52. The van der Waals surface area contributed by atoms with Crippen LogP contribution in [0, 0.1) is 0 Å². The summed E-state index contributed by atoms with van der Waals surface area (Å²) < 4.78 is 18.7. The Morgan fingerprint density at radius 3 is 2.56 bits per heavy atom. The van der Waals surface area contributed by atoms with E-state index >= 15 is 0 Å². The maximum absolute atomic E-state index is 6.13. The minimum Gasteiger partial charge on any atom is -0.473 e. The second-order valence-electron chi connectivity index (χ2n) is 3.36. The summed E-state index contributed by atoms with van der Waals surface area (Å²) in [5.74, 6) is 0.423. The van der Waals surface area contributed by atoms with E-state index in [9.17, 15) is 0 Å². The molecule has 0 radical (unpaired) electrons. The van der Waals surface area contributed by atoms with Gasteiger partial charge in [-0.2, -0.15) is 4.37 Å². The SMILES string of the molecule is COCCOc1nsnc1-c1c(Cl)cccc1Cl. The zero-order valence-corrected chi connectivity index (χ0v) is 11.8. The molecule has 0 spiro atoms. The van der Waals surface area contributed by atoms with E-state index in [2.05, 4.69) is 8.75 Å². The van der Waals surface area contributed by atoms with Gasteiger partial charge < -0.3 is 9.47 Å². The highest BCUT2D eigenvalue weighted by molar-refractivity contribution is 6.99. The fraction of sp³-hybridized carbons (Fsp3) is 0.273. The van der Waals surface area contributed by atoms with Crippen LogP contribution in [0.2, 0.25) is 10.0 Å². The van der Waals surface area contributed by atoms with Crippen LogP contribution in [0.5, 0.6) is 5.88 Å². The number of methoxy groups -OCH3 is 1. The van der Waals surface area contributed by atoms with Gasteiger partial charge in [0.2, 0.25) is 0 Å². The molecule has 0 saturated heterocycles. The highest BCUT2D eigenvalue weighted by Gasteiger charge is 2.17. The Bertz CT molecular complexity index is 513. The lowest BCUT2D eigenvalue weighted by atomic mass is 10.1. The summed E-state index contributed by atoms with van der Waals surface area (Å²) in [5, 5.41) is 1.04. The molecule has 0 atom stereocenters. The van der Waals surface area contributed by atoms with Crippen molar-refractivity contribution >= 4 is 34.9 Å². The number of rotatable bonds is 5. The minimum atomic E-state index is 0.400. The lowest BCUT2D eigenvalue weighted by molar-refractivity contribution is 0.144. The predicted molar refractivity (Wildman–Crippen MR) is 72.7 cm³/mol. The van der Waals surface area contributed by atoms with Gasteiger partial charge in [0.25, 0.3) is 5.88 Å². The fourth-order valence-electron chi connectivity index (χ4n) is 1.37. The van der Waals surface area contributed by atoms with Crippen LogP contribution in [0.1, 0.15) is 0 Å². The molecule has 0 unspecified atom stereocenters. The molecule has 1 aromatic carbocycles. The molecule has 2 aromatic rings. The molecule has 0 N–H and O–H groups in total. The first kappa shape index (κ1) is 13.5. The van der Waals surface area contributed by atoms with Crippen molar-refractivity contribution in [3.05, 3.63) is 28.2 Å². The molecule has 18 heavy (non-hydrogen) atoms. The number of hydrogen-bond acceptors (Lipinski definition) is 5. The van der Waals surface area contributed by atoms with Gasteiger partial charge in [0.05, 0.1) is 28.4 Å². The summed E-state index contributed by atoms with van der Waals surface area (Å²) in [6.45, 7) is 0.879. The normalized spacial score (nSPS) is 10.6. The molecule has 0 fully saturated rings. The van der Waals surface area contributed by atoms with Crippen LogP contribution in [0.25, 0.3) is 11.3 Å². The van der Waals surface area contributed by atoms with E-state index in [1.807, 2.05) is 0 Å². The molecule has 1 heterocycles. The Hall–Kier alpha value is -0.880. The summed E-state index contributed by atoms with van der Waals surface area (Å²) in [6.07, 6.45) is 0. The van der Waals surface area contributed by atoms with Crippen molar-refractivity contribution in [2.24, 2.45) is 0 Å². The lowest BCUT2D eigenvalue weighted by Crippen LogP contribution is -2.05. The van der Waals surface area contributed by atoms with Crippen molar-refractivity contribution in [3.8, 4) is 17.1 Å². The predicted octanol–water partition coefficient (Wildman–Crippen LogP) is 3.54. The third kappa shape index (κ3) is 2.92. The van der Waals surface area contributed by atoms with E-state index in [4.69, 9.17) is 32.7 Å². The second-order valence-corrected chi connectivity index (χ2v) is 4.70. The van der Waals surface area contributed by atoms with Gasteiger partial charge in [0, 0.05) is 12.7 Å². The third-order valence-electron chi connectivity index (χ3n) is 2.18. The smallest absolute Gasteiger partial charge is 0.254 e. The van der Waals surface area contributed by atoms with Crippen molar-refractivity contribution in [1.29, 1.82) is 0 Å². The number of ether oxygens (including phenoxy) is 2. The van der Waals surface area contributed by atoms with Crippen molar-refractivity contribution in [2.75, 3.05) is 20.3 Å². The first-order chi connectivity index (χ1) is 8.74. The van der Waals surface area contributed by atoms with Crippen molar-refractivity contribution in [2.45, 2.75) is 0 Å². The standard InChI is InChI=1S/C11H10Cl2N2O2S/c1-16-5-6-17-11-10(14-18-15-11)9-7(12)3-2-4-8(9)13/h2-4H,5-6H2,1H3. The molecule has 7 heteroatoms. The Morgan fingerprint density at radius 1 is 1.17 bits per heavy atom. The van der Waals surface area contributed by atoms with Gasteiger partial charge in [-0.15, -0.1) is 4.37 Å². The zero-order chi connectivity index (χ0) is 13.0. The van der Waals surface area contributed by atoms with E-state index in [0.29, 0.717) is 40.4 Å². The number of benzene rings is 1. The van der Waals surface area contributed by atoms with Gasteiger partial charge in [-0.25, -0.2) is 0 Å². The minimum absolute atomic E-state index is 0.400. The number of halogens is 2. The van der Waals surface area contributed by atoms with Crippen molar-refractivity contribution < 1.29 is 9.47 Å². The second kappa shape index (κ2) is 6.33. The van der Waals surface area contributed by atoms with Gasteiger partial charge in [-0.05, 0) is 12.1 Å². The van der Waals surface area contributed by atoms with Crippen LogP contribution in [0.4, 0.5) is 0 Å². The van der Waals surface area contributed by atoms with Gasteiger partial charge in [0.1, 0.15) is 6.61 Å². The molecule has 0 aliphatic rings. The highest BCUT2D eigenvalue weighted by Crippen LogP contribution is 2.38. The van der Waals surface area contributed by atoms with Crippen molar-refractivity contribution in [3.63, 3.8) is 0 Å². The number of aromatic nitrogens is 2. The summed E-state index contributed by atoms with van der Waals surface area (Å²) in [4.78, 5) is 0. The maximum Gasteiger partial charge on any atom is 0.254 e. The van der Waals surface area contributed by atoms with Crippen LogP contribution in [0.15, 0.2) is 18.2 Å². The Kier molecular flexibility index (Phi) is 4.77. The highest BCUT2D eigenvalue weighted by atomic mass is 35.5. The fourth-order valence-corrected chi connectivity index (χ4v) is 2.46. The van der Waals surface area contributed by atoms with Crippen LogP contribution in [0.3, 0.4) is 0 Å². The van der Waals surface area contributed by atoms with E-state index < -0.39 is 0 Å². The van der Waals surface area contributed by atoms with Gasteiger partial charge in [-0.3, -0.25) is 0 Å². The Balaban J connectivity index is 2.31. The molecule has 0 aliphatic heterocycles. The summed E-state index contributed by atoms with van der Waals surface area (Å²) in [7, 11) is 1.61. The van der Waals surface area contributed by atoms with Gasteiger partial charge in [-0.1, -0.05) is 29.3 Å². The quantitative estimate of drug-likeness (QED) is 0.793. The summed E-state index contributed by atoms with van der Waals surface area (Å²) in [6, 6.07) is 5.28. The third-order valence-corrected chi connectivity index (χ3v) is 3.33. The maximum atomic E-state index is 6.13. The largest absolute Gasteiger partial charge is 0.473 e. The van der Waals surface area contributed by atoms with E-state index in [1.54, 1.807) is 25.3 Å². The van der Waals surface area contributed by atoms with E-state index in [0.717, 1.165) is 11.7 Å². The Morgan fingerprint density at radius 2 is 1.89 bits per heavy atom. The molecule has 0 amide bonds. The molecule has 0 saturated carbocycles.